The zero-order valence-electron chi connectivity index (χ0n) is 28.7. The summed E-state index contributed by atoms with van der Waals surface area (Å²) in [4.78, 5) is 0. The van der Waals surface area contributed by atoms with Crippen molar-refractivity contribution in [2.24, 2.45) is 46.3 Å². The van der Waals surface area contributed by atoms with Crippen molar-refractivity contribution in [2.45, 2.75) is 169 Å². The van der Waals surface area contributed by atoms with Gasteiger partial charge < -0.3 is 0 Å². The molecule has 0 radical (unpaired) electrons. The van der Waals surface area contributed by atoms with Gasteiger partial charge in [-0.3, -0.25) is 0 Å². The number of allylic oxidation sites excluding steroid dienone is 1. The number of aryl methyl sites for hydroxylation is 1. The summed E-state index contributed by atoms with van der Waals surface area (Å²) in [5, 5.41) is 0. The quantitative estimate of drug-likeness (QED) is 0.194. The Labute approximate surface area is 262 Å². The van der Waals surface area contributed by atoms with Gasteiger partial charge in [0.05, 0.1) is 0 Å². The second-order valence-electron chi connectivity index (χ2n) is 16.6. The van der Waals surface area contributed by atoms with Crippen molar-refractivity contribution in [2.75, 3.05) is 0 Å². The van der Waals surface area contributed by atoms with Crippen molar-refractivity contribution < 1.29 is 0 Å². The Hall–Kier alpha value is -1.04. The fraction of sp³-hybridized carbons (Fsp3) is 0.810. The molecule has 5 rings (SSSR count). The van der Waals surface area contributed by atoms with Gasteiger partial charge in [-0.15, -0.1) is 0 Å². The molecule has 0 spiro atoms. The summed E-state index contributed by atoms with van der Waals surface area (Å²) in [5.74, 6) is 6.03. The van der Waals surface area contributed by atoms with E-state index in [9.17, 15) is 0 Å². The van der Waals surface area contributed by atoms with Crippen LogP contribution in [0.4, 0.5) is 0 Å². The molecule has 1 aromatic rings. The lowest BCUT2D eigenvalue weighted by Crippen LogP contribution is -2.53. The van der Waals surface area contributed by atoms with E-state index in [2.05, 4.69) is 65.0 Å². The van der Waals surface area contributed by atoms with Crippen LogP contribution in [0.25, 0.3) is 6.08 Å². The van der Waals surface area contributed by atoms with Crippen molar-refractivity contribution in [3.05, 3.63) is 41.0 Å². The van der Waals surface area contributed by atoms with Crippen LogP contribution in [0.5, 0.6) is 0 Å². The molecule has 0 heterocycles. The van der Waals surface area contributed by atoms with Crippen LogP contribution in [0.1, 0.15) is 174 Å². The van der Waals surface area contributed by atoms with Crippen molar-refractivity contribution in [3.63, 3.8) is 0 Å². The zero-order chi connectivity index (χ0) is 29.6. The molecule has 0 N–H and O–H groups in total. The summed E-state index contributed by atoms with van der Waals surface area (Å²) < 4.78 is 0. The van der Waals surface area contributed by atoms with Gasteiger partial charge in [-0.1, -0.05) is 121 Å². The fourth-order valence-corrected chi connectivity index (χ4v) is 11.6. The second kappa shape index (κ2) is 14.8. The van der Waals surface area contributed by atoms with Crippen LogP contribution in [-0.2, 0) is 6.42 Å². The van der Waals surface area contributed by atoms with E-state index in [-0.39, 0.29) is 0 Å². The molecule has 4 saturated carbocycles. The number of fused-ring (bicyclic) bond motifs is 5. The third kappa shape index (κ3) is 7.26. The summed E-state index contributed by atoms with van der Waals surface area (Å²) >= 11 is 0. The van der Waals surface area contributed by atoms with Crippen molar-refractivity contribution in [1.82, 2.24) is 0 Å². The molecule has 1 aromatic carbocycles. The number of hydrogen-bond donors (Lipinski definition) is 0. The lowest BCUT2D eigenvalue weighted by molar-refractivity contribution is -0.114. The molecule has 4 aliphatic rings. The maximum Gasteiger partial charge on any atom is -0.0257 e. The average molecular weight is 573 g/mol. The Morgan fingerprint density at radius 3 is 2.31 bits per heavy atom. The van der Waals surface area contributed by atoms with Gasteiger partial charge in [-0.05, 0) is 141 Å². The van der Waals surface area contributed by atoms with Gasteiger partial charge in [0.1, 0.15) is 0 Å². The van der Waals surface area contributed by atoms with E-state index < -0.39 is 0 Å². The molecular weight excluding hydrogens is 504 g/mol. The summed E-state index contributed by atoms with van der Waals surface area (Å²) in [7, 11) is 0. The minimum Gasteiger partial charge on any atom is -0.0727 e. The molecule has 4 aliphatic carbocycles. The van der Waals surface area contributed by atoms with E-state index in [1.54, 1.807) is 44.1 Å². The normalized spacial score (nSPS) is 35.4. The smallest absolute Gasteiger partial charge is 0.0257 e. The molecule has 42 heavy (non-hydrogen) atoms. The first-order valence-corrected chi connectivity index (χ1v) is 19.1. The molecular formula is C42H68. The van der Waals surface area contributed by atoms with Crippen LogP contribution in [0.15, 0.2) is 29.8 Å². The highest BCUT2D eigenvalue weighted by atomic mass is 14.6. The average Bonchev–Trinajstić information content (AvgIpc) is 3.34. The first-order valence-electron chi connectivity index (χ1n) is 19.1. The van der Waals surface area contributed by atoms with E-state index in [0.29, 0.717) is 10.8 Å². The standard InChI is InChI=1S/C42H68/c1-6-7-8-9-10-11-12-18-34-20-22-35(23-21-34)31-32(2)16-15-17-33(3)38-26-27-39-37-25-24-36-19-13-14-29-41(36,4)40(37)28-30-42(38,39)5/h20-23,31,33,36-40H,6-19,24-30H2,1-5H3/t33-,36?,37+,38-,39+,40+,41+,42-/m1/s1. The number of unbranched alkanes of at least 4 members (excludes halogenated alkanes) is 6. The maximum atomic E-state index is 2.76. The Balaban J connectivity index is 1.06. The summed E-state index contributed by atoms with van der Waals surface area (Å²) in [5.41, 5.74) is 5.79. The molecule has 4 fully saturated rings. The summed E-state index contributed by atoms with van der Waals surface area (Å²) in [6.45, 7) is 12.8. The lowest BCUT2D eigenvalue weighted by Gasteiger charge is -2.61. The fourth-order valence-electron chi connectivity index (χ4n) is 11.6. The van der Waals surface area contributed by atoms with Crippen molar-refractivity contribution >= 4 is 6.08 Å². The highest BCUT2D eigenvalue weighted by molar-refractivity contribution is 5.52. The van der Waals surface area contributed by atoms with Crippen LogP contribution in [0.2, 0.25) is 0 Å². The molecule has 236 valence electrons. The predicted octanol–water partition coefficient (Wildman–Crippen LogP) is 13.2. The van der Waals surface area contributed by atoms with Crippen LogP contribution in [0, 0.1) is 46.3 Å². The van der Waals surface area contributed by atoms with Crippen LogP contribution in [0.3, 0.4) is 0 Å². The third-order valence-corrected chi connectivity index (χ3v) is 14.0. The minimum atomic E-state index is 0.625. The first-order chi connectivity index (χ1) is 20.3. The van der Waals surface area contributed by atoms with E-state index in [1.165, 1.54) is 107 Å². The van der Waals surface area contributed by atoms with Gasteiger partial charge in [-0.2, -0.15) is 0 Å². The topological polar surface area (TPSA) is 0 Å². The van der Waals surface area contributed by atoms with Crippen molar-refractivity contribution in [3.8, 4) is 0 Å². The Bertz CT molecular complexity index is 984. The number of rotatable bonds is 14. The van der Waals surface area contributed by atoms with E-state index in [4.69, 9.17) is 0 Å². The Morgan fingerprint density at radius 1 is 0.786 bits per heavy atom. The van der Waals surface area contributed by atoms with Crippen molar-refractivity contribution in [1.29, 1.82) is 0 Å². The number of benzene rings is 1. The molecule has 0 amide bonds. The van der Waals surface area contributed by atoms with Gasteiger partial charge >= 0.3 is 0 Å². The molecule has 0 bridgehead atoms. The zero-order valence-corrected chi connectivity index (χ0v) is 28.7. The molecule has 0 nitrogen and oxygen atoms in total. The van der Waals surface area contributed by atoms with Gasteiger partial charge in [0.15, 0.2) is 0 Å². The number of hydrogen-bond acceptors (Lipinski definition) is 0. The minimum absolute atomic E-state index is 0.625. The largest absolute Gasteiger partial charge is 0.0727 e. The predicted molar refractivity (Wildman–Crippen MR) is 185 cm³/mol. The Kier molecular flexibility index (Phi) is 11.4. The van der Waals surface area contributed by atoms with Crippen LogP contribution < -0.4 is 0 Å². The molecule has 0 heteroatoms. The second-order valence-corrected chi connectivity index (χ2v) is 16.6. The van der Waals surface area contributed by atoms with Gasteiger partial charge in [0, 0.05) is 0 Å². The third-order valence-electron chi connectivity index (χ3n) is 14.0. The van der Waals surface area contributed by atoms with Crippen LogP contribution in [-0.4, -0.2) is 0 Å². The van der Waals surface area contributed by atoms with E-state index in [0.717, 1.165) is 35.5 Å². The molecule has 1 unspecified atom stereocenters. The Morgan fingerprint density at radius 2 is 1.52 bits per heavy atom. The van der Waals surface area contributed by atoms with E-state index >= 15 is 0 Å². The highest BCUT2D eigenvalue weighted by Gasteiger charge is 2.60. The summed E-state index contributed by atoms with van der Waals surface area (Å²) in [6, 6.07) is 9.48. The molecule has 0 aliphatic heterocycles. The van der Waals surface area contributed by atoms with Gasteiger partial charge in [0.2, 0.25) is 0 Å². The first kappa shape index (κ1) is 32.4. The maximum absolute atomic E-state index is 2.76. The van der Waals surface area contributed by atoms with Gasteiger partial charge in [0.25, 0.3) is 0 Å². The highest BCUT2D eigenvalue weighted by Crippen LogP contribution is 2.68. The molecule has 8 atom stereocenters. The van der Waals surface area contributed by atoms with E-state index in [1.807, 2.05) is 0 Å². The monoisotopic (exact) mass is 573 g/mol. The van der Waals surface area contributed by atoms with Gasteiger partial charge in [-0.25, -0.2) is 0 Å². The molecule has 0 aromatic heterocycles. The van der Waals surface area contributed by atoms with Crippen LogP contribution >= 0.6 is 0 Å². The summed E-state index contributed by atoms with van der Waals surface area (Å²) in [6.07, 6.45) is 32.9. The lowest BCUT2D eigenvalue weighted by atomic mass is 9.44. The SMILES string of the molecule is CCCCCCCCCc1ccc(C=C(C)CCC[C@@H](C)[C@H]2CC[C@H]3[C@@H]4CCC5CCCC[C@]5(C)[C@H]4CC[C@]23C)cc1. The molecule has 0 saturated heterocycles.